The molecule has 0 radical (unpaired) electrons. The van der Waals surface area contributed by atoms with Crippen LogP contribution >= 0.6 is 27.7 Å². The van der Waals surface area contributed by atoms with Crippen LogP contribution in [0.3, 0.4) is 0 Å². The number of nitrogens with one attached hydrogen (secondary N) is 1. The van der Waals surface area contributed by atoms with Gasteiger partial charge in [-0.2, -0.15) is 4.98 Å². The fourth-order valence-electron chi connectivity index (χ4n) is 1.60. The second-order valence-electron chi connectivity index (χ2n) is 3.95. The number of thioether (sulfide) groups is 1. The molecule has 0 aromatic carbocycles. The predicted molar refractivity (Wildman–Crippen MR) is 78.1 cm³/mol. The molecule has 0 aliphatic carbocycles. The van der Waals surface area contributed by atoms with E-state index < -0.39 is 11.7 Å². The summed E-state index contributed by atoms with van der Waals surface area (Å²) >= 11 is 4.51. The topological polar surface area (TPSA) is 95.9 Å². The molecule has 0 spiro atoms. The SMILES string of the molecule is Cc1[nH]c(=O)nc(SCc2cncc(Br)c2)c1C(=O)O. The summed E-state index contributed by atoms with van der Waals surface area (Å²) < 4.78 is 0.837. The minimum atomic E-state index is -1.11. The van der Waals surface area contributed by atoms with Gasteiger partial charge in [-0.15, -0.1) is 11.8 Å². The minimum Gasteiger partial charge on any atom is -0.478 e. The maximum absolute atomic E-state index is 11.4. The monoisotopic (exact) mass is 355 g/mol. The molecule has 0 saturated carbocycles. The summed E-state index contributed by atoms with van der Waals surface area (Å²) in [6.07, 6.45) is 3.34. The van der Waals surface area contributed by atoms with E-state index in [2.05, 4.69) is 30.9 Å². The molecule has 0 atom stereocenters. The van der Waals surface area contributed by atoms with Crippen LogP contribution in [0.4, 0.5) is 0 Å². The summed E-state index contributed by atoms with van der Waals surface area (Å²) in [5.41, 5.74) is 0.674. The van der Waals surface area contributed by atoms with Crippen molar-refractivity contribution >= 4 is 33.7 Å². The number of hydrogen-bond acceptors (Lipinski definition) is 5. The van der Waals surface area contributed by atoms with Crippen molar-refractivity contribution in [3.05, 3.63) is 50.2 Å². The highest BCUT2D eigenvalue weighted by molar-refractivity contribution is 9.10. The van der Waals surface area contributed by atoms with E-state index in [1.807, 2.05) is 6.07 Å². The van der Waals surface area contributed by atoms with Crippen LogP contribution in [-0.4, -0.2) is 26.0 Å². The number of halogens is 1. The lowest BCUT2D eigenvalue weighted by atomic mass is 10.2. The molecule has 2 aromatic rings. The molecule has 104 valence electrons. The molecule has 2 N–H and O–H groups in total. The Morgan fingerprint density at radius 1 is 1.50 bits per heavy atom. The number of hydrogen-bond donors (Lipinski definition) is 2. The Balaban J connectivity index is 2.29. The van der Waals surface area contributed by atoms with Crippen LogP contribution < -0.4 is 5.69 Å². The Morgan fingerprint density at radius 3 is 2.90 bits per heavy atom. The van der Waals surface area contributed by atoms with Crippen molar-refractivity contribution in [1.82, 2.24) is 15.0 Å². The molecular weight excluding hydrogens is 346 g/mol. The van der Waals surface area contributed by atoms with Gasteiger partial charge in [0.1, 0.15) is 10.6 Å². The van der Waals surface area contributed by atoms with Crippen molar-refractivity contribution in [3.63, 3.8) is 0 Å². The fraction of sp³-hybridized carbons (Fsp3) is 0.167. The van der Waals surface area contributed by atoms with Crippen LogP contribution in [-0.2, 0) is 5.75 Å². The van der Waals surface area contributed by atoms with Gasteiger partial charge in [0.05, 0.1) is 0 Å². The fourth-order valence-corrected chi connectivity index (χ4v) is 3.01. The lowest BCUT2D eigenvalue weighted by Gasteiger charge is -2.07. The predicted octanol–water partition coefficient (Wildman–Crippen LogP) is 2.23. The van der Waals surface area contributed by atoms with Gasteiger partial charge in [-0.05, 0) is 34.5 Å². The number of carbonyl (C=O) groups is 1. The Morgan fingerprint density at radius 2 is 2.25 bits per heavy atom. The average molecular weight is 356 g/mol. The van der Waals surface area contributed by atoms with Crippen molar-refractivity contribution in [2.24, 2.45) is 0 Å². The molecule has 6 nitrogen and oxygen atoms in total. The van der Waals surface area contributed by atoms with Crippen LogP contribution in [0.5, 0.6) is 0 Å². The molecule has 0 fully saturated rings. The largest absolute Gasteiger partial charge is 0.478 e. The third-order valence-electron chi connectivity index (χ3n) is 2.44. The molecule has 8 heteroatoms. The molecule has 2 aromatic heterocycles. The van der Waals surface area contributed by atoms with E-state index in [0.717, 1.165) is 10.0 Å². The molecule has 0 amide bonds. The van der Waals surface area contributed by atoms with Gasteiger partial charge in [-0.25, -0.2) is 9.59 Å². The van der Waals surface area contributed by atoms with Gasteiger partial charge < -0.3 is 10.1 Å². The Hall–Kier alpha value is -1.67. The normalized spacial score (nSPS) is 10.5. The summed E-state index contributed by atoms with van der Waals surface area (Å²) in [6.45, 7) is 1.54. The smallest absolute Gasteiger partial charge is 0.346 e. The summed E-state index contributed by atoms with van der Waals surface area (Å²) in [5, 5.41) is 9.39. The van der Waals surface area contributed by atoms with E-state index in [1.165, 1.54) is 18.7 Å². The molecule has 0 aliphatic heterocycles. The number of H-pyrrole nitrogens is 1. The van der Waals surface area contributed by atoms with Crippen molar-refractivity contribution in [1.29, 1.82) is 0 Å². The van der Waals surface area contributed by atoms with Crippen LogP contribution in [0.25, 0.3) is 0 Å². The second-order valence-corrected chi connectivity index (χ2v) is 5.83. The van der Waals surface area contributed by atoms with Gasteiger partial charge in [0.15, 0.2) is 0 Å². The third kappa shape index (κ3) is 3.45. The Kier molecular flexibility index (Phi) is 4.56. The molecular formula is C12H10BrN3O3S. The summed E-state index contributed by atoms with van der Waals surface area (Å²) in [4.78, 5) is 32.7. The van der Waals surface area contributed by atoms with E-state index in [9.17, 15) is 14.7 Å². The number of aromatic carboxylic acids is 1. The van der Waals surface area contributed by atoms with Crippen LogP contribution in [0.2, 0.25) is 0 Å². The van der Waals surface area contributed by atoms with Gasteiger partial charge >= 0.3 is 11.7 Å². The first kappa shape index (κ1) is 14.7. The second kappa shape index (κ2) is 6.19. The Labute approximate surface area is 126 Å². The van der Waals surface area contributed by atoms with Gasteiger partial charge in [-0.1, -0.05) is 0 Å². The first-order valence-corrected chi connectivity index (χ1v) is 7.31. The number of carboxylic acids is 1. The number of pyridine rings is 1. The van der Waals surface area contributed by atoms with Crippen LogP contribution in [0.15, 0.2) is 32.8 Å². The molecule has 2 rings (SSSR count). The maximum Gasteiger partial charge on any atom is 0.346 e. The van der Waals surface area contributed by atoms with E-state index in [4.69, 9.17) is 0 Å². The molecule has 0 saturated heterocycles. The zero-order valence-corrected chi connectivity index (χ0v) is 12.8. The highest BCUT2D eigenvalue weighted by Gasteiger charge is 2.17. The summed E-state index contributed by atoms with van der Waals surface area (Å²) in [7, 11) is 0. The van der Waals surface area contributed by atoms with Gasteiger partial charge in [-0.3, -0.25) is 4.98 Å². The van der Waals surface area contributed by atoms with Gasteiger partial charge in [0, 0.05) is 28.3 Å². The average Bonchev–Trinajstić information content (AvgIpc) is 2.35. The van der Waals surface area contributed by atoms with Crippen LogP contribution in [0.1, 0.15) is 21.6 Å². The number of aromatic nitrogens is 3. The number of aryl methyl sites for hydroxylation is 1. The Bertz CT molecular complexity index is 717. The molecule has 0 aliphatic rings. The zero-order chi connectivity index (χ0) is 14.7. The quantitative estimate of drug-likeness (QED) is 0.644. The highest BCUT2D eigenvalue weighted by atomic mass is 79.9. The lowest BCUT2D eigenvalue weighted by molar-refractivity contribution is 0.0690. The number of carboxylic acid groups (broad SMARTS) is 1. The van der Waals surface area contributed by atoms with E-state index >= 15 is 0 Å². The maximum atomic E-state index is 11.4. The lowest BCUT2D eigenvalue weighted by Crippen LogP contribution is -2.18. The number of rotatable bonds is 4. The minimum absolute atomic E-state index is 0.0255. The molecule has 2 heterocycles. The third-order valence-corrected chi connectivity index (χ3v) is 3.92. The highest BCUT2D eigenvalue weighted by Crippen LogP contribution is 2.25. The van der Waals surface area contributed by atoms with Crippen molar-refractivity contribution in [2.75, 3.05) is 0 Å². The standard InChI is InChI=1S/C12H10BrN3O3S/c1-6-9(11(17)18)10(16-12(19)15-6)20-5-7-2-8(13)4-14-3-7/h2-4H,5H2,1H3,(H,17,18)(H,15,16,19). The van der Waals surface area contributed by atoms with E-state index in [1.54, 1.807) is 12.4 Å². The summed E-state index contributed by atoms with van der Waals surface area (Å²) in [6, 6.07) is 1.88. The zero-order valence-electron chi connectivity index (χ0n) is 10.4. The van der Waals surface area contributed by atoms with Crippen molar-refractivity contribution < 1.29 is 9.90 Å². The first-order chi connectivity index (χ1) is 9.47. The van der Waals surface area contributed by atoms with Crippen LogP contribution in [0, 0.1) is 6.92 Å². The number of nitrogens with zero attached hydrogens (tertiary/aromatic N) is 2. The number of aromatic amines is 1. The van der Waals surface area contributed by atoms with E-state index in [0.29, 0.717) is 11.4 Å². The first-order valence-electron chi connectivity index (χ1n) is 5.54. The molecule has 20 heavy (non-hydrogen) atoms. The molecule has 0 unspecified atom stereocenters. The van der Waals surface area contributed by atoms with Crippen molar-refractivity contribution in [2.45, 2.75) is 17.7 Å². The summed E-state index contributed by atoms with van der Waals surface area (Å²) in [5.74, 6) is -0.635. The molecule has 0 bridgehead atoms. The van der Waals surface area contributed by atoms with Crippen molar-refractivity contribution in [3.8, 4) is 0 Å². The van der Waals surface area contributed by atoms with Gasteiger partial charge in [0.25, 0.3) is 0 Å². The van der Waals surface area contributed by atoms with Gasteiger partial charge in [0.2, 0.25) is 0 Å². The van der Waals surface area contributed by atoms with E-state index in [-0.39, 0.29) is 10.6 Å².